The fraction of sp³-hybridized carbons (Fsp3) is 0.444. The molecule has 2 aromatic rings. The fourth-order valence-corrected chi connectivity index (χ4v) is 3.64. The third kappa shape index (κ3) is 3.55. The minimum atomic E-state index is -1.82. The highest BCUT2D eigenvalue weighted by Crippen LogP contribution is 2.30. The van der Waals surface area contributed by atoms with Crippen LogP contribution in [0.2, 0.25) is 19.6 Å². The molecule has 0 saturated carbocycles. The summed E-state index contributed by atoms with van der Waals surface area (Å²) in [6.45, 7) is 12.2. The number of methoxy groups -OCH3 is 1. The molecule has 4 nitrogen and oxygen atoms in total. The lowest BCUT2D eigenvalue weighted by Crippen LogP contribution is -2.41. The van der Waals surface area contributed by atoms with E-state index in [9.17, 15) is 4.79 Å². The minimum absolute atomic E-state index is 0.0713. The van der Waals surface area contributed by atoms with Crippen LogP contribution in [0.15, 0.2) is 28.8 Å². The van der Waals surface area contributed by atoms with Gasteiger partial charge < -0.3 is 9.26 Å². The van der Waals surface area contributed by atoms with Crippen LogP contribution in [0.4, 0.5) is 0 Å². The van der Waals surface area contributed by atoms with Crippen LogP contribution in [0.1, 0.15) is 31.1 Å². The van der Waals surface area contributed by atoms with E-state index in [0.29, 0.717) is 11.3 Å². The third-order valence-electron chi connectivity index (χ3n) is 3.64. The number of hydrogen-bond donors (Lipinski definition) is 0. The summed E-state index contributed by atoms with van der Waals surface area (Å²) in [4.78, 5) is 13.0. The van der Waals surface area contributed by atoms with Crippen LogP contribution in [0.3, 0.4) is 0 Å². The van der Waals surface area contributed by atoms with Crippen molar-refractivity contribution in [3.05, 3.63) is 29.8 Å². The molecule has 0 fully saturated rings. The molecule has 124 valence electrons. The maximum absolute atomic E-state index is 13.0. The van der Waals surface area contributed by atoms with E-state index in [-0.39, 0.29) is 5.78 Å². The van der Waals surface area contributed by atoms with Gasteiger partial charge in [-0.25, -0.2) is 0 Å². The summed E-state index contributed by atoms with van der Waals surface area (Å²) in [5.74, 6) is 0.841. The highest BCUT2D eigenvalue weighted by Gasteiger charge is 2.36. The first kappa shape index (κ1) is 17.5. The van der Waals surface area contributed by atoms with E-state index in [1.165, 1.54) is 0 Å². The predicted molar refractivity (Wildman–Crippen MR) is 95.3 cm³/mol. The Morgan fingerprint density at radius 3 is 2.13 bits per heavy atom. The third-order valence-corrected chi connectivity index (χ3v) is 5.35. The van der Waals surface area contributed by atoms with Gasteiger partial charge in [0.25, 0.3) is 0 Å². The lowest BCUT2D eigenvalue weighted by Gasteiger charge is -2.20. The standard InChI is InChI=1S/C18H25NO3Si/c1-18(2,3)16(20)14-15(19-22-17(14)23(5,6)7)12-8-10-13(21-4)11-9-12/h8-11H,1-7H3. The second-order valence-corrected chi connectivity index (χ2v) is 12.7. The van der Waals surface area contributed by atoms with Crippen molar-refractivity contribution < 1.29 is 14.1 Å². The first-order valence-electron chi connectivity index (χ1n) is 7.75. The Morgan fingerprint density at radius 1 is 1.13 bits per heavy atom. The average molecular weight is 331 g/mol. The highest BCUT2D eigenvalue weighted by atomic mass is 28.3. The molecule has 0 unspecified atom stereocenters. The van der Waals surface area contributed by atoms with Gasteiger partial charge in [-0.1, -0.05) is 45.6 Å². The van der Waals surface area contributed by atoms with Crippen LogP contribution in [-0.2, 0) is 0 Å². The van der Waals surface area contributed by atoms with Crippen molar-refractivity contribution in [2.45, 2.75) is 40.4 Å². The van der Waals surface area contributed by atoms with Crippen molar-refractivity contribution in [2.24, 2.45) is 5.41 Å². The minimum Gasteiger partial charge on any atom is -0.497 e. The number of carbonyl (C=O) groups excluding carboxylic acids is 1. The molecule has 0 amide bonds. The lowest BCUT2D eigenvalue weighted by atomic mass is 9.86. The molecular formula is C18H25NO3Si. The Morgan fingerprint density at radius 2 is 1.70 bits per heavy atom. The van der Waals surface area contributed by atoms with Crippen molar-refractivity contribution >= 4 is 19.2 Å². The number of Topliss-reactive ketones (excluding diaryl/α,β-unsaturated/α-hetero) is 1. The molecule has 0 bridgehead atoms. The molecule has 0 N–H and O–H groups in total. The predicted octanol–water partition coefficient (Wildman–Crippen LogP) is 4.12. The normalized spacial score (nSPS) is 12.3. The second kappa shape index (κ2) is 5.96. The summed E-state index contributed by atoms with van der Waals surface area (Å²) in [5, 5.41) is 5.01. The molecule has 1 aromatic heterocycles. The zero-order chi connectivity index (χ0) is 17.4. The fourth-order valence-electron chi connectivity index (χ4n) is 2.33. The van der Waals surface area contributed by atoms with Crippen molar-refractivity contribution in [1.29, 1.82) is 0 Å². The van der Waals surface area contributed by atoms with E-state index < -0.39 is 13.5 Å². The number of benzene rings is 1. The number of ketones is 1. The number of ether oxygens (including phenoxy) is 1. The summed E-state index contributed by atoms with van der Waals surface area (Å²) >= 11 is 0. The molecule has 5 heteroatoms. The Balaban J connectivity index is 2.64. The van der Waals surface area contributed by atoms with E-state index in [0.717, 1.165) is 16.7 Å². The van der Waals surface area contributed by atoms with Gasteiger partial charge in [-0.2, -0.15) is 0 Å². The smallest absolute Gasteiger partial charge is 0.173 e. The van der Waals surface area contributed by atoms with E-state index in [1.807, 2.05) is 45.0 Å². The van der Waals surface area contributed by atoms with Gasteiger partial charge in [-0.3, -0.25) is 4.79 Å². The van der Waals surface area contributed by atoms with Crippen molar-refractivity contribution in [2.75, 3.05) is 7.11 Å². The maximum Gasteiger partial charge on any atom is 0.173 e. The molecule has 0 aliphatic rings. The van der Waals surface area contributed by atoms with Gasteiger partial charge in [0.05, 0.1) is 12.7 Å². The Hall–Kier alpha value is -1.88. The number of hydrogen-bond acceptors (Lipinski definition) is 4. The van der Waals surface area contributed by atoms with Crippen LogP contribution >= 0.6 is 0 Å². The summed E-state index contributed by atoms with van der Waals surface area (Å²) < 4.78 is 10.8. The first-order valence-corrected chi connectivity index (χ1v) is 11.2. The molecular weight excluding hydrogens is 306 g/mol. The van der Waals surface area contributed by atoms with Crippen LogP contribution in [0, 0.1) is 5.41 Å². The summed E-state index contributed by atoms with van der Waals surface area (Å²) in [7, 11) is -0.196. The molecule has 0 spiro atoms. The monoisotopic (exact) mass is 331 g/mol. The van der Waals surface area contributed by atoms with Crippen molar-refractivity contribution in [3.8, 4) is 17.0 Å². The maximum atomic E-state index is 13.0. The molecule has 0 aliphatic heterocycles. The van der Waals surface area contributed by atoms with Crippen molar-refractivity contribution in [1.82, 2.24) is 5.16 Å². The van der Waals surface area contributed by atoms with Crippen molar-refractivity contribution in [3.63, 3.8) is 0 Å². The quantitative estimate of drug-likeness (QED) is 0.624. The van der Waals surface area contributed by atoms with Crippen LogP contribution in [0.25, 0.3) is 11.3 Å². The Labute approximate surface area is 138 Å². The number of aromatic nitrogens is 1. The Kier molecular flexibility index (Phi) is 4.53. The first-order chi connectivity index (χ1) is 10.6. The van der Waals surface area contributed by atoms with Gasteiger partial charge in [0.1, 0.15) is 24.9 Å². The van der Waals surface area contributed by atoms with Gasteiger partial charge in [-0.05, 0) is 24.3 Å². The van der Waals surface area contributed by atoms with Gasteiger partial charge in [0, 0.05) is 11.0 Å². The van der Waals surface area contributed by atoms with Gasteiger partial charge in [0.2, 0.25) is 0 Å². The molecule has 0 aliphatic carbocycles. The summed E-state index contributed by atoms with van der Waals surface area (Å²) in [6.07, 6.45) is 0. The zero-order valence-corrected chi connectivity index (χ0v) is 16.0. The van der Waals surface area contributed by atoms with E-state index in [4.69, 9.17) is 9.26 Å². The SMILES string of the molecule is COc1ccc(-c2noc([Si](C)(C)C)c2C(=O)C(C)(C)C)cc1. The molecule has 0 atom stereocenters. The summed E-state index contributed by atoms with van der Waals surface area (Å²) in [6, 6.07) is 7.54. The Bertz CT molecular complexity index is 703. The van der Waals surface area contributed by atoms with E-state index in [1.54, 1.807) is 7.11 Å². The average Bonchev–Trinajstić information content (AvgIpc) is 2.90. The largest absolute Gasteiger partial charge is 0.497 e. The van der Waals surface area contributed by atoms with E-state index in [2.05, 4.69) is 24.8 Å². The van der Waals surface area contributed by atoms with Gasteiger partial charge in [-0.15, -0.1) is 0 Å². The van der Waals surface area contributed by atoms with Crippen LogP contribution in [0.5, 0.6) is 5.75 Å². The van der Waals surface area contributed by atoms with Crippen LogP contribution in [-0.4, -0.2) is 26.1 Å². The summed E-state index contributed by atoms with van der Waals surface area (Å²) in [5.41, 5.74) is 1.65. The molecule has 0 radical (unpaired) electrons. The number of carbonyl (C=O) groups is 1. The topological polar surface area (TPSA) is 52.3 Å². The molecule has 0 saturated heterocycles. The second-order valence-electron chi connectivity index (χ2n) is 7.79. The molecule has 1 heterocycles. The number of nitrogens with zero attached hydrogens (tertiary/aromatic N) is 1. The lowest BCUT2D eigenvalue weighted by molar-refractivity contribution is 0.0859. The molecule has 1 aromatic carbocycles. The number of rotatable bonds is 4. The molecule has 23 heavy (non-hydrogen) atoms. The van der Waals surface area contributed by atoms with E-state index >= 15 is 0 Å². The molecule has 2 rings (SSSR count). The zero-order valence-electron chi connectivity index (χ0n) is 15.0. The highest BCUT2D eigenvalue weighted by molar-refractivity contribution is 6.88. The van der Waals surface area contributed by atoms with Gasteiger partial charge in [0.15, 0.2) is 5.78 Å². The van der Waals surface area contributed by atoms with Gasteiger partial charge >= 0.3 is 0 Å². The van der Waals surface area contributed by atoms with Crippen LogP contribution < -0.4 is 10.1 Å².